The van der Waals surface area contributed by atoms with Crippen molar-refractivity contribution < 1.29 is 13.2 Å². The molecule has 1 aliphatic rings. The summed E-state index contributed by atoms with van der Waals surface area (Å²) in [7, 11) is -3.26. The van der Waals surface area contributed by atoms with E-state index in [0.717, 1.165) is 12.8 Å². The highest BCUT2D eigenvalue weighted by Gasteiger charge is 2.35. The van der Waals surface area contributed by atoms with Crippen LogP contribution in [0.4, 0.5) is 0 Å². The van der Waals surface area contributed by atoms with Crippen LogP contribution in [0.25, 0.3) is 0 Å². The van der Waals surface area contributed by atoms with Gasteiger partial charge in [0.15, 0.2) is 9.84 Å². The van der Waals surface area contributed by atoms with Crippen LogP contribution < -0.4 is 11.1 Å². The number of hydrogen-bond donors (Lipinski definition) is 2. The Hall–Kier alpha value is -0.620. The number of sulfone groups is 1. The van der Waals surface area contributed by atoms with Gasteiger partial charge < -0.3 is 11.1 Å². The molecule has 5 nitrogen and oxygen atoms in total. The second-order valence-electron chi connectivity index (χ2n) is 5.42. The zero-order valence-corrected chi connectivity index (χ0v) is 12.0. The maximum Gasteiger partial charge on any atom is 0.238 e. The molecule has 0 aliphatic carbocycles. The summed E-state index contributed by atoms with van der Waals surface area (Å²) in [6.45, 7) is 4.44. The summed E-state index contributed by atoms with van der Waals surface area (Å²) in [6, 6.07) is -0.130. The fourth-order valence-electron chi connectivity index (χ4n) is 2.33. The van der Waals surface area contributed by atoms with Gasteiger partial charge in [-0.25, -0.2) is 8.42 Å². The van der Waals surface area contributed by atoms with Crippen molar-refractivity contribution in [3.8, 4) is 0 Å². The Labute approximate surface area is 109 Å². The second kappa shape index (κ2) is 6.52. The maximum atomic E-state index is 12.0. The average Bonchev–Trinajstić information content (AvgIpc) is 2.26. The molecule has 1 rings (SSSR count). The highest BCUT2D eigenvalue weighted by Crippen LogP contribution is 2.20. The van der Waals surface area contributed by atoms with Crippen LogP contribution in [0.3, 0.4) is 0 Å². The molecule has 6 heteroatoms. The van der Waals surface area contributed by atoms with Crippen LogP contribution in [-0.2, 0) is 14.6 Å². The lowest BCUT2D eigenvalue weighted by Crippen LogP contribution is -2.49. The van der Waals surface area contributed by atoms with E-state index in [0.29, 0.717) is 25.3 Å². The number of nitrogens with two attached hydrogens (primary N) is 1. The number of hydrogen-bond acceptors (Lipinski definition) is 4. The summed E-state index contributed by atoms with van der Waals surface area (Å²) in [5.74, 6) is 0.176. The number of amides is 1. The average molecular weight is 276 g/mol. The van der Waals surface area contributed by atoms with Crippen molar-refractivity contribution in [1.82, 2.24) is 5.32 Å². The molecular weight excluding hydrogens is 252 g/mol. The van der Waals surface area contributed by atoms with E-state index in [2.05, 4.69) is 5.32 Å². The summed E-state index contributed by atoms with van der Waals surface area (Å²) in [5.41, 5.74) is 5.60. The predicted molar refractivity (Wildman–Crippen MR) is 71.9 cm³/mol. The molecule has 1 amide bonds. The van der Waals surface area contributed by atoms with Crippen LogP contribution in [0.5, 0.6) is 0 Å². The molecule has 106 valence electrons. The van der Waals surface area contributed by atoms with E-state index in [4.69, 9.17) is 5.73 Å². The van der Waals surface area contributed by atoms with Gasteiger partial charge in [-0.3, -0.25) is 4.79 Å². The molecule has 0 saturated carbocycles. The standard InChI is InChI=1S/C12H24N2O3S/c1-9(2)7-10(8-13)14-12(15)11-5-3-4-6-18(11,16)17/h9-11H,3-8,13H2,1-2H3,(H,14,15). The normalized spacial score (nSPS) is 24.8. The Morgan fingerprint density at radius 2 is 2.06 bits per heavy atom. The molecule has 2 atom stereocenters. The van der Waals surface area contributed by atoms with Gasteiger partial charge in [-0.15, -0.1) is 0 Å². The van der Waals surface area contributed by atoms with E-state index in [-0.39, 0.29) is 17.7 Å². The summed E-state index contributed by atoms with van der Waals surface area (Å²) in [6.07, 6.45) is 2.68. The largest absolute Gasteiger partial charge is 0.351 e. The third kappa shape index (κ3) is 4.24. The van der Waals surface area contributed by atoms with Gasteiger partial charge in [0.25, 0.3) is 0 Å². The Morgan fingerprint density at radius 1 is 1.39 bits per heavy atom. The van der Waals surface area contributed by atoms with Gasteiger partial charge in [-0.1, -0.05) is 20.3 Å². The van der Waals surface area contributed by atoms with Crippen LogP contribution in [-0.4, -0.2) is 37.9 Å². The minimum Gasteiger partial charge on any atom is -0.351 e. The van der Waals surface area contributed by atoms with Gasteiger partial charge in [-0.05, 0) is 25.2 Å². The monoisotopic (exact) mass is 276 g/mol. The lowest BCUT2D eigenvalue weighted by molar-refractivity contribution is -0.121. The third-order valence-electron chi connectivity index (χ3n) is 3.26. The van der Waals surface area contributed by atoms with Crippen molar-refractivity contribution >= 4 is 15.7 Å². The number of carbonyl (C=O) groups excluding carboxylic acids is 1. The summed E-state index contributed by atoms with van der Waals surface area (Å²) in [5, 5.41) is 1.91. The molecule has 0 spiro atoms. The van der Waals surface area contributed by atoms with E-state index in [1.54, 1.807) is 0 Å². The molecule has 0 radical (unpaired) electrons. The van der Waals surface area contributed by atoms with Gasteiger partial charge in [0.2, 0.25) is 5.91 Å². The molecule has 2 unspecified atom stereocenters. The molecule has 0 aromatic carbocycles. The summed E-state index contributed by atoms with van der Waals surface area (Å²) in [4.78, 5) is 12.0. The van der Waals surface area contributed by atoms with Crippen molar-refractivity contribution in [3.63, 3.8) is 0 Å². The van der Waals surface area contributed by atoms with Crippen molar-refractivity contribution in [2.75, 3.05) is 12.3 Å². The Balaban J connectivity index is 2.63. The predicted octanol–water partition coefficient (Wildman–Crippen LogP) is 0.443. The molecule has 0 aromatic heterocycles. The Morgan fingerprint density at radius 3 is 2.56 bits per heavy atom. The summed E-state index contributed by atoms with van der Waals surface area (Å²) < 4.78 is 23.6. The lowest BCUT2D eigenvalue weighted by atomic mass is 10.0. The molecule has 0 aromatic rings. The Bertz CT molecular complexity index is 379. The lowest BCUT2D eigenvalue weighted by Gasteiger charge is -2.25. The minimum atomic E-state index is -3.26. The maximum absolute atomic E-state index is 12.0. The van der Waals surface area contributed by atoms with Crippen molar-refractivity contribution in [2.45, 2.75) is 50.8 Å². The van der Waals surface area contributed by atoms with Gasteiger partial charge in [0.05, 0.1) is 5.75 Å². The molecule has 1 fully saturated rings. The minimum absolute atomic E-state index is 0.128. The van der Waals surface area contributed by atoms with Crippen LogP contribution >= 0.6 is 0 Å². The van der Waals surface area contributed by atoms with Crippen molar-refractivity contribution in [1.29, 1.82) is 0 Å². The first-order valence-corrected chi connectivity index (χ1v) is 8.30. The SMILES string of the molecule is CC(C)CC(CN)NC(=O)C1CCCCS1(=O)=O. The topological polar surface area (TPSA) is 89.3 Å². The molecule has 1 heterocycles. The zero-order valence-electron chi connectivity index (χ0n) is 11.2. The van der Waals surface area contributed by atoms with Gasteiger partial charge in [-0.2, -0.15) is 0 Å². The van der Waals surface area contributed by atoms with Crippen molar-refractivity contribution in [2.24, 2.45) is 11.7 Å². The van der Waals surface area contributed by atoms with Gasteiger partial charge in [0, 0.05) is 12.6 Å². The quantitative estimate of drug-likeness (QED) is 0.762. The van der Waals surface area contributed by atoms with E-state index >= 15 is 0 Å². The molecule has 3 N–H and O–H groups in total. The highest BCUT2D eigenvalue weighted by atomic mass is 32.2. The molecule has 1 saturated heterocycles. The van der Waals surface area contributed by atoms with Gasteiger partial charge >= 0.3 is 0 Å². The summed E-state index contributed by atoms with van der Waals surface area (Å²) >= 11 is 0. The fraction of sp³-hybridized carbons (Fsp3) is 0.917. The highest BCUT2D eigenvalue weighted by molar-refractivity contribution is 7.92. The zero-order chi connectivity index (χ0) is 13.8. The van der Waals surface area contributed by atoms with Crippen LogP contribution in [0.15, 0.2) is 0 Å². The molecule has 1 aliphatic heterocycles. The van der Waals surface area contributed by atoms with Crippen molar-refractivity contribution in [3.05, 3.63) is 0 Å². The number of carbonyl (C=O) groups is 1. The molecule has 18 heavy (non-hydrogen) atoms. The molecular formula is C12H24N2O3S. The van der Waals surface area contributed by atoms with Crippen LogP contribution in [0.1, 0.15) is 39.5 Å². The van der Waals surface area contributed by atoms with Crippen LogP contribution in [0, 0.1) is 5.92 Å². The smallest absolute Gasteiger partial charge is 0.238 e. The number of rotatable bonds is 5. The van der Waals surface area contributed by atoms with Gasteiger partial charge in [0.1, 0.15) is 5.25 Å². The first-order valence-electron chi connectivity index (χ1n) is 6.59. The fourth-order valence-corrected chi connectivity index (χ4v) is 4.14. The van der Waals surface area contributed by atoms with E-state index in [1.165, 1.54) is 0 Å². The first kappa shape index (κ1) is 15.4. The second-order valence-corrected chi connectivity index (χ2v) is 7.73. The van der Waals surface area contributed by atoms with E-state index in [1.807, 2.05) is 13.8 Å². The Kier molecular flexibility index (Phi) is 5.59. The third-order valence-corrected chi connectivity index (χ3v) is 5.43. The first-order chi connectivity index (χ1) is 8.36. The van der Waals surface area contributed by atoms with Crippen LogP contribution in [0.2, 0.25) is 0 Å². The van der Waals surface area contributed by atoms with E-state index in [9.17, 15) is 13.2 Å². The van der Waals surface area contributed by atoms with E-state index < -0.39 is 15.1 Å². The number of nitrogens with one attached hydrogen (secondary N) is 1. The molecule has 0 bridgehead atoms.